The van der Waals surface area contributed by atoms with Crippen molar-refractivity contribution in [2.75, 3.05) is 6.54 Å². The number of hydrogen-bond acceptors (Lipinski definition) is 4. The Balaban J connectivity index is 2.39. The Morgan fingerprint density at radius 2 is 1.54 bits per heavy atom. The highest BCUT2D eigenvalue weighted by Gasteiger charge is 2.29. The zero-order chi connectivity index (χ0) is 18.3. The summed E-state index contributed by atoms with van der Waals surface area (Å²) < 4.78 is 28.4. The molecule has 2 aromatic rings. The summed E-state index contributed by atoms with van der Waals surface area (Å²) in [5.41, 5.74) is 3.39. The van der Waals surface area contributed by atoms with Gasteiger partial charge in [0.25, 0.3) is 0 Å². The first kappa shape index (κ1) is 19.1. The number of aliphatic hydroxyl groups is 1. The lowest BCUT2D eigenvalue weighted by Gasteiger charge is -2.24. The first-order chi connectivity index (χ1) is 11.0. The van der Waals surface area contributed by atoms with E-state index in [0.29, 0.717) is 4.90 Å². The second kappa shape index (κ2) is 6.59. The van der Waals surface area contributed by atoms with Crippen molar-refractivity contribution < 1.29 is 13.5 Å². The minimum atomic E-state index is -3.71. The van der Waals surface area contributed by atoms with Crippen LogP contribution >= 0.6 is 11.3 Å². The summed E-state index contributed by atoms with van der Waals surface area (Å²) in [6.45, 7) is 11.1. The Labute approximate surface area is 148 Å². The van der Waals surface area contributed by atoms with Crippen LogP contribution in [-0.4, -0.2) is 20.1 Å². The molecular formula is C18H25NO3S2. The molecule has 2 N–H and O–H groups in total. The van der Waals surface area contributed by atoms with Crippen molar-refractivity contribution in [2.45, 2.75) is 52.0 Å². The number of sulfonamides is 1. The number of nitrogens with one attached hydrogen (secondary N) is 1. The van der Waals surface area contributed by atoms with Gasteiger partial charge in [-0.3, -0.25) is 0 Å². The van der Waals surface area contributed by atoms with Gasteiger partial charge in [0.1, 0.15) is 5.60 Å². The van der Waals surface area contributed by atoms with Crippen LogP contribution in [0.4, 0.5) is 0 Å². The molecule has 1 aromatic heterocycles. The van der Waals surface area contributed by atoms with Crippen LogP contribution in [-0.2, 0) is 15.6 Å². The molecule has 0 aliphatic carbocycles. The molecule has 0 bridgehead atoms. The molecule has 0 saturated heterocycles. The number of hydrogen-bond donors (Lipinski definition) is 2. The fraction of sp³-hybridized carbons (Fsp3) is 0.444. The zero-order valence-corrected chi connectivity index (χ0v) is 16.7. The minimum absolute atomic E-state index is 0.0688. The lowest BCUT2D eigenvalue weighted by atomic mass is 9.95. The van der Waals surface area contributed by atoms with E-state index >= 15 is 0 Å². The van der Waals surface area contributed by atoms with Crippen LogP contribution in [0.15, 0.2) is 22.4 Å². The maximum atomic E-state index is 12.9. The van der Waals surface area contributed by atoms with Crippen LogP contribution in [0.3, 0.4) is 0 Å². The van der Waals surface area contributed by atoms with Crippen LogP contribution < -0.4 is 4.72 Å². The predicted molar refractivity (Wildman–Crippen MR) is 99.2 cm³/mol. The Morgan fingerprint density at radius 1 is 1.04 bits per heavy atom. The molecule has 132 valence electrons. The highest BCUT2D eigenvalue weighted by molar-refractivity contribution is 7.89. The first-order valence-corrected chi connectivity index (χ1v) is 10.2. The molecule has 1 unspecified atom stereocenters. The van der Waals surface area contributed by atoms with Gasteiger partial charge >= 0.3 is 0 Å². The number of thiophene rings is 1. The fourth-order valence-electron chi connectivity index (χ4n) is 2.85. The van der Waals surface area contributed by atoms with Gasteiger partial charge in [0.05, 0.1) is 4.90 Å². The summed E-state index contributed by atoms with van der Waals surface area (Å²) in [4.78, 5) is 1.06. The third kappa shape index (κ3) is 3.42. The molecule has 1 heterocycles. The molecule has 0 amide bonds. The third-order valence-corrected chi connectivity index (χ3v) is 7.66. The Bertz CT molecular complexity index is 822. The van der Waals surface area contributed by atoms with Crippen molar-refractivity contribution in [3.63, 3.8) is 0 Å². The molecule has 0 radical (unpaired) electrons. The van der Waals surface area contributed by atoms with Crippen LogP contribution in [0, 0.1) is 34.6 Å². The van der Waals surface area contributed by atoms with Crippen LogP contribution in [0.1, 0.15) is 39.6 Å². The molecule has 1 atom stereocenters. The maximum Gasteiger partial charge on any atom is 0.241 e. The molecule has 0 spiro atoms. The van der Waals surface area contributed by atoms with E-state index in [4.69, 9.17) is 0 Å². The van der Waals surface area contributed by atoms with Crippen molar-refractivity contribution in [1.82, 2.24) is 4.72 Å². The maximum absolute atomic E-state index is 12.9. The van der Waals surface area contributed by atoms with Gasteiger partial charge in [-0.2, -0.15) is 0 Å². The molecule has 4 nitrogen and oxygen atoms in total. The molecular weight excluding hydrogens is 342 g/mol. The Morgan fingerprint density at radius 3 is 2.00 bits per heavy atom. The van der Waals surface area contributed by atoms with Gasteiger partial charge in [-0.15, -0.1) is 11.3 Å². The van der Waals surface area contributed by atoms with E-state index in [1.807, 2.05) is 46.1 Å². The molecule has 0 aliphatic heterocycles. The summed E-state index contributed by atoms with van der Waals surface area (Å²) in [5, 5.41) is 12.4. The average Bonchev–Trinajstić information content (AvgIpc) is 3.04. The molecule has 2 rings (SSSR count). The van der Waals surface area contributed by atoms with Crippen molar-refractivity contribution in [1.29, 1.82) is 0 Å². The Hall–Kier alpha value is -1.21. The molecule has 0 aliphatic rings. The smallest absolute Gasteiger partial charge is 0.241 e. The second-order valence-electron chi connectivity index (χ2n) is 6.53. The monoisotopic (exact) mass is 367 g/mol. The summed E-state index contributed by atoms with van der Waals surface area (Å²) in [6.07, 6.45) is 0. The van der Waals surface area contributed by atoms with Gasteiger partial charge in [0.15, 0.2) is 0 Å². The first-order valence-electron chi connectivity index (χ1n) is 7.82. The van der Waals surface area contributed by atoms with E-state index in [0.717, 1.165) is 32.7 Å². The van der Waals surface area contributed by atoms with Gasteiger partial charge in [-0.05, 0) is 80.8 Å². The number of benzene rings is 1. The van der Waals surface area contributed by atoms with Gasteiger partial charge < -0.3 is 5.11 Å². The second-order valence-corrected chi connectivity index (χ2v) is 9.18. The largest absolute Gasteiger partial charge is 0.383 e. The van der Waals surface area contributed by atoms with E-state index in [-0.39, 0.29) is 6.54 Å². The summed E-state index contributed by atoms with van der Waals surface area (Å²) in [6, 6.07) is 3.64. The van der Waals surface area contributed by atoms with E-state index in [1.54, 1.807) is 13.0 Å². The number of rotatable bonds is 5. The highest BCUT2D eigenvalue weighted by Crippen LogP contribution is 2.30. The summed E-state index contributed by atoms with van der Waals surface area (Å²) in [7, 11) is -3.71. The predicted octanol–water partition coefficient (Wildman–Crippen LogP) is 3.48. The standard InChI is InChI=1S/C18H25NO3S2/c1-11-12(2)14(4)17(15(5)13(11)3)24(21,22)19-10-18(6,20)16-8-7-9-23-16/h7-9,19-20H,10H2,1-6H3. The summed E-state index contributed by atoms with van der Waals surface area (Å²) >= 11 is 1.40. The average molecular weight is 368 g/mol. The van der Waals surface area contributed by atoms with Gasteiger partial charge in [0, 0.05) is 11.4 Å². The molecule has 6 heteroatoms. The molecule has 0 fully saturated rings. The lowest BCUT2D eigenvalue weighted by Crippen LogP contribution is -2.38. The van der Waals surface area contributed by atoms with E-state index in [1.165, 1.54) is 11.3 Å². The molecule has 1 aromatic carbocycles. The summed E-state index contributed by atoms with van der Waals surface area (Å²) in [5.74, 6) is 0. The van der Waals surface area contributed by atoms with E-state index in [9.17, 15) is 13.5 Å². The van der Waals surface area contributed by atoms with Crippen LogP contribution in [0.5, 0.6) is 0 Å². The third-order valence-electron chi connectivity index (χ3n) is 4.86. The SMILES string of the molecule is Cc1c(C)c(C)c(S(=O)(=O)NCC(C)(O)c2cccs2)c(C)c1C. The molecule has 0 saturated carbocycles. The fourth-order valence-corrected chi connectivity index (χ4v) is 5.36. The van der Waals surface area contributed by atoms with Gasteiger partial charge in [0.2, 0.25) is 10.0 Å². The van der Waals surface area contributed by atoms with Crippen molar-refractivity contribution >= 4 is 21.4 Å². The Kier molecular flexibility index (Phi) is 5.25. The van der Waals surface area contributed by atoms with Crippen molar-refractivity contribution in [3.05, 3.63) is 50.2 Å². The topological polar surface area (TPSA) is 66.4 Å². The minimum Gasteiger partial charge on any atom is -0.383 e. The van der Waals surface area contributed by atoms with Gasteiger partial charge in [-0.25, -0.2) is 13.1 Å². The van der Waals surface area contributed by atoms with Gasteiger partial charge in [-0.1, -0.05) is 6.07 Å². The quantitative estimate of drug-likeness (QED) is 0.850. The molecule has 24 heavy (non-hydrogen) atoms. The van der Waals surface area contributed by atoms with E-state index < -0.39 is 15.6 Å². The van der Waals surface area contributed by atoms with Crippen LogP contribution in [0.25, 0.3) is 0 Å². The van der Waals surface area contributed by atoms with E-state index in [2.05, 4.69) is 4.72 Å². The highest BCUT2D eigenvalue weighted by atomic mass is 32.2. The van der Waals surface area contributed by atoms with Crippen molar-refractivity contribution in [3.8, 4) is 0 Å². The zero-order valence-electron chi connectivity index (χ0n) is 15.0. The normalized spacial score (nSPS) is 14.6. The lowest BCUT2D eigenvalue weighted by molar-refractivity contribution is 0.0666. The van der Waals surface area contributed by atoms with Crippen molar-refractivity contribution in [2.24, 2.45) is 0 Å². The van der Waals surface area contributed by atoms with Crippen LogP contribution in [0.2, 0.25) is 0 Å².